The van der Waals surface area contributed by atoms with E-state index in [0.29, 0.717) is 18.9 Å². The van der Waals surface area contributed by atoms with Crippen molar-refractivity contribution >= 4 is 39.8 Å². The van der Waals surface area contributed by atoms with Crippen LogP contribution in [-0.4, -0.2) is 37.3 Å². The summed E-state index contributed by atoms with van der Waals surface area (Å²) in [4.78, 5) is 3.69. The van der Waals surface area contributed by atoms with Crippen molar-refractivity contribution in [3.63, 3.8) is 0 Å². The van der Waals surface area contributed by atoms with E-state index in [4.69, 9.17) is 23.1 Å². The second kappa shape index (κ2) is 8.14. The molecule has 0 fully saturated rings. The highest BCUT2D eigenvalue weighted by Crippen LogP contribution is 2.23. The first kappa shape index (κ1) is 20.4. The molecule has 0 saturated carbocycles. The molecule has 6 nitrogen and oxygen atoms in total. The van der Waals surface area contributed by atoms with Gasteiger partial charge in [0.2, 0.25) is 10.0 Å². The highest BCUT2D eigenvalue weighted by Gasteiger charge is 2.25. The Balaban J connectivity index is 0.00000400. The van der Waals surface area contributed by atoms with Gasteiger partial charge in [-0.25, -0.2) is 17.7 Å². The van der Waals surface area contributed by atoms with E-state index >= 15 is 0 Å². The first-order valence-electron chi connectivity index (χ1n) is 6.29. The molecule has 0 spiro atoms. The molecule has 0 aliphatic heterocycles. The highest BCUT2D eigenvalue weighted by atomic mass is 35.5. The second-order valence-corrected chi connectivity index (χ2v) is 7.51. The Morgan fingerprint density at radius 1 is 1.43 bits per heavy atom. The van der Waals surface area contributed by atoms with Crippen LogP contribution < -0.4 is 11.5 Å². The maximum Gasteiger partial charge on any atom is 0.246 e. The van der Waals surface area contributed by atoms with Crippen LogP contribution in [0.3, 0.4) is 0 Å². The van der Waals surface area contributed by atoms with E-state index in [2.05, 4.69) is 4.98 Å². The van der Waals surface area contributed by atoms with Gasteiger partial charge in [0.15, 0.2) is 0 Å². The molecule has 122 valence electrons. The molecular formula is C12H22Cl2N4O2S. The predicted molar refractivity (Wildman–Crippen MR) is 88.2 cm³/mol. The van der Waals surface area contributed by atoms with Crippen LogP contribution in [0.5, 0.6) is 0 Å². The van der Waals surface area contributed by atoms with Gasteiger partial charge in [-0.3, -0.25) is 0 Å². The Morgan fingerprint density at radius 3 is 2.52 bits per heavy atom. The lowest BCUT2D eigenvalue weighted by molar-refractivity contribution is 0.397. The molecule has 1 aromatic heterocycles. The van der Waals surface area contributed by atoms with Gasteiger partial charge >= 0.3 is 0 Å². The maximum absolute atomic E-state index is 12.4. The molecular weight excluding hydrogens is 335 g/mol. The Bertz CT molecular complexity index is 566. The molecule has 1 aromatic rings. The summed E-state index contributed by atoms with van der Waals surface area (Å²) in [7, 11) is -2.22. The number of rotatable bonds is 6. The SMILES string of the molecule is CC(C)C(N)CCN(C)S(=O)(=O)c1cc(Cl)cnc1N.Cl. The van der Waals surface area contributed by atoms with Crippen molar-refractivity contribution in [1.82, 2.24) is 9.29 Å². The van der Waals surface area contributed by atoms with Gasteiger partial charge in [-0.2, -0.15) is 0 Å². The quantitative estimate of drug-likeness (QED) is 0.807. The molecule has 0 aliphatic carbocycles. The fourth-order valence-corrected chi connectivity index (χ4v) is 3.09. The van der Waals surface area contributed by atoms with Gasteiger partial charge in [0.05, 0.1) is 5.02 Å². The standard InChI is InChI=1S/C12H21ClN4O2S.ClH/c1-8(2)10(14)4-5-17(3)20(18,19)11-6-9(13)7-16-12(11)15;/h6-8,10H,4-5,14H2,1-3H3,(H2,15,16);1H. The van der Waals surface area contributed by atoms with Crippen LogP contribution in [-0.2, 0) is 10.0 Å². The average Bonchev–Trinajstić information content (AvgIpc) is 2.37. The third-order valence-corrected chi connectivity index (χ3v) is 5.26. The predicted octanol–water partition coefficient (Wildman–Crippen LogP) is 1.73. The van der Waals surface area contributed by atoms with Gasteiger partial charge < -0.3 is 11.5 Å². The maximum atomic E-state index is 12.4. The lowest BCUT2D eigenvalue weighted by Crippen LogP contribution is -2.35. The number of anilines is 1. The molecule has 0 radical (unpaired) electrons. The molecule has 1 unspecified atom stereocenters. The van der Waals surface area contributed by atoms with Crippen molar-refractivity contribution in [3.8, 4) is 0 Å². The Kier molecular flexibility index (Phi) is 7.91. The lowest BCUT2D eigenvalue weighted by Gasteiger charge is -2.21. The van der Waals surface area contributed by atoms with Crippen molar-refractivity contribution < 1.29 is 8.42 Å². The normalized spacial score (nSPS) is 13.3. The van der Waals surface area contributed by atoms with Crippen molar-refractivity contribution in [2.45, 2.75) is 31.2 Å². The summed E-state index contributed by atoms with van der Waals surface area (Å²) in [6.07, 6.45) is 1.88. The topological polar surface area (TPSA) is 102 Å². The lowest BCUT2D eigenvalue weighted by atomic mass is 10.0. The summed E-state index contributed by atoms with van der Waals surface area (Å²) < 4.78 is 26.0. The Hall–Kier alpha value is -0.600. The van der Waals surface area contributed by atoms with E-state index in [0.717, 1.165) is 0 Å². The first-order valence-corrected chi connectivity index (χ1v) is 8.11. The van der Waals surface area contributed by atoms with Crippen molar-refractivity contribution in [3.05, 3.63) is 17.3 Å². The zero-order valence-corrected chi connectivity index (χ0v) is 14.7. The van der Waals surface area contributed by atoms with Gasteiger partial charge in [0, 0.05) is 25.8 Å². The summed E-state index contributed by atoms with van der Waals surface area (Å²) in [5, 5.41) is 0.227. The fourth-order valence-electron chi connectivity index (χ4n) is 1.59. The number of nitrogens with zero attached hydrogens (tertiary/aromatic N) is 2. The minimum Gasteiger partial charge on any atom is -0.383 e. The molecule has 1 rings (SSSR count). The van der Waals surface area contributed by atoms with E-state index in [-0.39, 0.29) is 34.2 Å². The molecule has 21 heavy (non-hydrogen) atoms. The average molecular weight is 357 g/mol. The number of hydrogen-bond acceptors (Lipinski definition) is 5. The summed E-state index contributed by atoms with van der Waals surface area (Å²) in [6, 6.07) is 1.25. The van der Waals surface area contributed by atoms with Gasteiger partial charge in [-0.15, -0.1) is 12.4 Å². The van der Waals surface area contributed by atoms with Crippen LogP contribution >= 0.6 is 24.0 Å². The molecule has 9 heteroatoms. The molecule has 0 aliphatic rings. The number of aromatic nitrogens is 1. The van der Waals surface area contributed by atoms with Crippen molar-refractivity contribution in [1.29, 1.82) is 0 Å². The number of nitrogen functional groups attached to an aromatic ring is 1. The van der Waals surface area contributed by atoms with Gasteiger partial charge in [0.25, 0.3) is 0 Å². The largest absolute Gasteiger partial charge is 0.383 e. The van der Waals surface area contributed by atoms with E-state index in [1.54, 1.807) is 0 Å². The van der Waals surface area contributed by atoms with E-state index < -0.39 is 10.0 Å². The third kappa shape index (κ3) is 5.27. The van der Waals surface area contributed by atoms with Crippen molar-refractivity contribution in [2.24, 2.45) is 11.7 Å². The minimum atomic E-state index is -3.71. The summed E-state index contributed by atoms with van der Waals surface area (Å²) >= 11 is 5.78. The number of nitrogens with two attached hydrogens (primary N) is 2. The molecule has 0 amide bonds. The van der Waals surface area contributed by atoms with Crippen LogP contribution in [0.2, 0.25) is 5.02 Å². The van der Waals surface area contributed by atoms with Crippen LogP contribution in [0.1, 0.15) is 20.3 Å². The second-order valence-electron chi connectivity index (χ2n) is 5.06. The minimum absolute atomic E-state index is 0. The van der Waals surface area contributed by atoms with Crippen LogP contribution in [0.25, 0.3) is 0 Å². The summed E-state index contributed by atoms with van der Waals surface area (Å²) in [5.74, 6) is 0.235. The third-order valence-electron chi connectivity index (χ3n) is 3.17. The fraction of sp³-hybridized carbons (Fsp3) is 0.583. The molecule has 0 bridgehead atoms. The smallest absolute Gasteiger partial charge is 0.246 e. The van der Waals surface area contributed by atoms with Crippen molar-refractivity contribution in [2.75, 3.05) is 19.3 Å². The monoisotopic (exact) mass is 356 g/mol. The van der Waals surface area contributed by atoms with E-state index in [1.165, 1.54) is 23.6 Å². The molecule has 4 N–H and O–H groups in total. The Morgan fingerprint density at radius 2 is 2.00 bits per heavy atom. The van der Waals surface area contributed by atoms with Gasteiger partial charge in [0.1, 0.15) is 10.7 Å². The van der Waals surface area contributed by atoms with E-state index in [9.17, 15) is 8.42 Å². The van der Waals surface area contributed by atoms with Gasteiger partial charge in [-0.05, 0) is 18.4 Å². The molecule has 1 heterocycles. The number of sulfonamides is 1. The van der Waals surface area contributed by atoms with Crippen LogP contribution in [0.4, 0.5) is 5.82 Å². The summed E-state index contributed by atoms with van der Waals surface area (Å²) in [5.41, 5.74) is 11.5. The highest BCUT2D eigenvalue weighted by molar-refractivity contribution is 7.89. The molecule has 1 atom stereocenters. The first-order chi connectivity index (χ1) is 9.16. The number of pyridine rings is 1. The van der Waals surface area contributed by atoms with E-state index in [1.807, 2.05) is 13.8 Å². The van der Waals surface area contributed by atoms with Crippen LogP contribution in [0.15, 0.2) is 17.2 Å². The number of hydrogen-bond donors (Lipinski definition) is 2. The molecule has 0 saturated heterocycles. The van der Waals surface area contributed by atoms with Gasteiger partial charge in [-0.1, -0.05) is 25.4 Å². The molecule has 0 aromatic carbocycles. The van der Waals surface area contributed by atoms with Crippen LogP contribution in [0, 0.1) is 5.92 Å². The Labute approximate surface area is 137 Å². The number of halogens is 2. The zero-order valence-electron chi connectivity index (χ0n) is 12.3. The zero-order chi connectivity index (χ0) is 15.5. The summed E-state index contributed by atoms with van der Waals surface area (Å²) in [6.45, 7) is 4.31.